The molecule has 20 heavy (non-hydrogen) atoms. The molecule has 6 nitrogen and oxygen atoms in total. The first kappa shape index (κ1) is 13.5. The van der Waals surface area contributed by atoms with Crippen LogP contribution in [0.3, 0.4) is 0 Å². The van der Waals surface area contributed by atoms with Gasteiger partial charge in [0.25, 0.3) is 5.91 Å². The molecule has 0 aliphatic heterocycles. The average molecular weight is 272 g/mol. The van der Waals surface area contributed by atoms with Gasteiger partial charge in [0.1, 0.15) is 6.26 Å². The number of nitrogens with one attached hydrogen (secondary N) is 2. The van der Waals surface area contributed by atoms with Gasteiger partial charge in [-0.15, -0.1) is 0 Å². The second kappa shape index (κ2) is 5.83. The Labute approximate surface area is 114 Å². The van der Waals surface area contributed by atoms with Gasteiger partial charge in [0, 0.05) is 24.4 Å². The van der Waals surface area contributed by atoms with Crippen LogP contribution < -0.4 is 16.3 Å². The molecule has 102 valence electrons. The summed E-state index contributed by atoms with van der Waals surface area (Å²) in [7, 11) is 0. The molecule has 1 aromatic carbocycles. The van der Waals surface area contributed by atoms with Crippen molar-refractivity contribution in [3.63, 3.8) is 0 Å². The lowest BCUT2D eigenvalue weighted by atomic mass is 10.2. The predicted octanol–water partition coefficient (Wildman–Crippen LogP) is 1.85. The highest BCUT2D eigenvalue weighted by molar-refractivity contribution is 6.04. The smallest absolute Gasteiger partial charge is 0.335 e. The summed E-state index contributed by atoms with van der Waals surface area (Å²) in [5, 5.41) is 5.27. The molecule has 0 aliphatic carbocycles. The molecule has 2 aromatic rings. The lowest BCUT2D eigenvalue weighted by Gasteiger charge is -2.06. The first-order valence-corrected chi connectivity index (χ1v) is 5.82. The second-order valence-corrected chi connectivity index (χ2v) is 4.06. The van der Waals surface area contributed by atoms with Crippen molar-refractivity contribution in [1.82, 2.24) is 0 Å². The number of anilines is 2. The van der Waals surface area contributed by atoms with Crippen LogP contribution in [0.5, 0.6) is 0 Å². The Morgan fingerprint density at radius 2 is 1.55 bits per heavy atom. The summed E-state index contributed by atoms with van der Waals surface area (Å²) in [4.78, 5) is 33.5. The normalized spacial score (nSPS) is 9.85. The number of rotatable bonds is 3. The molecule has 0 radical (unpaired) electrons. The van der Waals surface area contributed by atoms with Crippen LogP contribution in [-0.2, 0) is 4.79 Å². The molecule has 0 spiro atoms. The van der Waals surface area contributed by atoms with Gasteiger partial charge in [-0.2, -0.15) is 0 Å². The van der Waals surface area contributed by atoms with Gasteiger partial charge in [-0.3, -0.25) is 9.59 Å². The summed E-state index contributed by atoms with van der Waals surface area (Å²) in [6, 6.07) is 9.20. The summed E-state index contributed by atoms with van der Waals surface area (Å²) < 4.78 is 4.62. The molecule has 6 heteroatoms. The van der Waals surface area contributed by atoms with Gasteiger partial charge >= 0.3 is 5.63 Å². The molecular formula is C14H12N2O4. The Balaban J connectivity index is 2.06. The fourth-order valence-corrected chi connectivity index (χ4v) is 1.53. The van der Waals surface area contributed by atoms with Crippen molar-refractivity contribution >= 4 is 23.2 Å². The lowest BCUT2D eigenvalue weighted by molar-refractivity contribution is -0.114. The third-order valence-electron chi connectivity index (χ3n) is 2.43. The molecule has 0 atom stereocenters. The number of carbonyl (C=O) groups is 2. The maximum Gasteiger partial charge on any atom is 0.335 e. The van der Waals surface area contributed by atoms with Crippen LogP contribution in [0.1, 0.15) is 17.3 Å². The predicted molar refractivity (Wildman–Crippen MR) is 73.7 cm³/mol. The Kier molecular flexibility index (Phi) is 3.95. The van der Waals surface area contributed by atoms with Crippen molar-refractivity contribution in [2.45, 2.75) is 6.92 Å². The fourth-order valence-electron chi connectivity index (χ4n) is 1.53. The number of benzene rings is 1. The van der Waals surface area contributed by atoms with Crippen molar-refractivity contribution < 1.29 is 14.0 Å². The molecule has 0 fully saturated rings. The van der Waals surface area contributed by atoms with Crippen LogP contribution in [0.15, 0.2) is 51.9 Å². The van der Waals surface area contributed by atoms with Crippen LogP contribution in [-0.4, -0.2) is 11.8 Å². The molecule has 0 saturated carbocycles. The highest BCUT2D eigenvalue weighted by atomic mass is 16.4. The molecule has 2 rings (SSSR count). The van der Waals surface area contributed by atoms with Gasteiger partial charge in [0.15, 0.2) is 0 Å². The lowest BCUT2D eigenvalue weighted by Crippen LogP contribution is -2.13. The van der Waals surface area contributed by atoms with Crippen molar-refractivity contribution in [1.29, 1.82) is 0 Å². The molecule has 0 unspecified atom stereocenters. The summed E-state index contributed by atoms with van der Waals surface area (Å²) >= 11 is 0. The largest absolute Gasteiger partial charge is 0.430 e. The number of hydrogen-bond donors (Lipinski definition) is 2. The highest BCUT2D eigenvalue weighted by Gasteiger charge is 2.07. The summed E-state index contributed by atoms with van der Waals surface area (Å²) in [5.41, 5.74) is 0.938. The monoisotopic (exact) mass is 272 g/mol. The van der Waals surface area contributed by atoms with Crippen LogP contribution in [0.2, 0.25) is 0 Å². The summed E-state index contributed by atoms with van der Waals surface area (Å²) in [6.45, 7) is 1.42. The zero-order valence-electron chi connectivity index (χ0n) is 10.7. The van der Waals surface area contributed by atoms with Crippen molar-refractivity contribution in [3.8, 4) is 0 Å². The molecule has 2 N–H and O–H groups in total. The van der Waals surface area contributed by atoms with E-state index in [1.165, 1.54) is 19.1 Å². The highest BCUT2D eigenvalue weighted by Crippen LogP contribution is 2.14. The maximum atomic E-state index is 11.8. The zero-order valence-corrected chi connectivity index (χ0v) is 10.7. The molecule has 2 amide bonds. The van der Waals surface area contributed by atoms with Crippen molar-refractivity contribution in [3.05, 3.63) is 58.6 Å². The van der Waals surface area contributed by atoms with Gasteiger partial charge < -0.3 is 15.1 Å². The Morgan fingerprint density at radius 3 is 2.05 bits per heavy atom. The quantitative estimate of drug-likeness (QED) is 0.892. The SMILES string of the molecule is CC(=O)Nc1ccc(NC(=O)c2ccc(=O)oc2)cc1. The molecule has 0 saturated heterocycles. The number of carbonyl (C=O) groups excluding carboxylic acids is 2. The summed E-state index contributed by atoms with van der Waals surface area (Å²) in [6.07, 6.45) is 1.10. The van der Waals surface area contributed by atoms with E-state index in [1.807, 2.05) is 0 Å². The Hall–Kier alpha value is -2.89. The van der Waals surface area contributed by atoms with Gasteiger partial charge in [0.05, 0.1) is 5.56 Å². The van der Waals surface area contributed by atoms with Crippen LogP contribution >= 0.6 is 0 Å². The summed E-state index contributed by atoms with van der Waals surface area (Å²) in [5.74, 6) is -0.554. The van der Waals surface area contributed by atoms with Crippen LogP contribution in [0, 0.1) is 0 Å². The van der Waals surface area contributed by atoms with E-state index in [4.69, 9.17) is 0 Å². The van der Waals surface area contributed by atoms with E-state index >= 15 is 0 Å². The molecule has 0 bridgehead atoms. The Morgan fingerprint density at radius 1 is 0.950 bits per heavy atom. The third kappa shape index (κ3) is 3.55. The van der Waals surface area contributed by atoms with E-state index in [0.717, 1.165) is 6.26 Å². The average Bonchev–Trinajstić information content (AvgIpc) is 2.41. The van der Waals surface area contributed by atoms with E-state index < -0.39 is 5.63 Å². The van der Waals surface area contributed by atoms with Crippen molar-refractivity contribution in [2.75, 3.05) is 10.6 Å². The van der Waals surface area contributed by atoms with E-state index in [1.54, 1.807) is 24.3 Å². The van der Waals surface area contributed by atoms with E-state index in [9.17, 15) is 14.4 Å². The van der Waals surface area contributed by atoms with Crippen LogP contribution in [0.25, 0.3) is 0 Å². The first-order chi connectivity index (χ1) is 9.54. The van der Waals surface area contributed by atoms with E-state index in [-0.39, 0.29) is 17.4 Å². The zero-order chi connectivity index (χ0) is 14.5. The van der Waals surface area contributed by atoms with Gasteiger partial charge in [0.2, 0.25) is 5.91 Å². The topological polar surface area (TPSA) is 88.4 Å². The van der Waals surface area contributed by atoms with Gasteiger partial charge in [-0.25, -0.2) is 4.79 Å². The van der Waals surface area contributed by atoms with E-state index in [2.05, 4.69) is 15.1 Å². The van der Waals surface area contributed by atoms with Gasteiger partial charge in [-0.1, -0.05) is 0 Å². The second-order valence-electron chi connectivity index (χ2n) is 4.06. The number of amides is 2. The fraction of sp³-hybridized carbons (Fsp3) is 0.0714. The van der Waals surface area contributed by atoms with Gasteiger partial charge in [-0.05, 0) is 30.3 Å². The molecule has 1 heterocycles. The third-order valence-corrected chi connectivity index (χ3v) is 2.43. The minimum Gasteiger partial charge on any atom is -0.430 e. The van der Waals surface area contributed by atoms with E-state index in [0.29, 0.717) is 11.4 Å². The first-order valence-electron chi connectivity index (χ1n) is 5.82. The maximum absolute atomic E-state index is 11.8. The minimum absolute atomic E-state index is 0.166. The van der Waals surface area contributed by atoms with Crippen LogP contribution in [0.4, 0.5) is 11.4 Å². The standard InChI is InChI=1S/C14H12N2O4/c1-9(17)15-11-3-5-12(6-4-11)16-14(19)10-2-7-13(18)20-8-10/h2-8H,1H3,(H,15,17)(H,16,19). The molecule has 0 aliphatic rings. The minimum atomic E-state index is -0.513. The molecule has 1 aromatic heterocycles. The Bertz CT molecular complexity index is 669. The number of hydrogen-bond acceptors (Lipinski definition) is 4. The molecular weight excluding hydrogens is 260 g/mol. The van der Waals surface area contributed by atoms with Crippen molar-refractivity contribution in [2.24, 2.45) is 0 Å².